The summed E-state index contributed by atoms with van der Waals surface area (Å²) >= 11 is 3.38. The molecule has 1 amide bonds. The Hall–Kier alpha value is -1.65. The van der Waals surface area contributed by atoms with E-state index in [0.717, 1.165) is 22.9 Å². The lowest BCUT2D eigenvalue weighted by Gasteiger charge is -2.29. The van der Waals surface area contributed by atoms with Gasteiger partial charge in [-0.3, -0.25) is 4.79 Å². The number of hydrogen-bond donors (Lipinski definition) is 2. The Labute approximate surface area is 138 Å². The molecule has 1 aliphatic rings. The maximum absolute atomic E-state index is 12.3. The van der Waals surface area contributed by atoms with Crippen LogP contribution in [-0.4, -0.2) is 17.6 Å². The van der Waals surface area contributed by atoms with Crippen LogP contribution in [0.5, 0.6) is 0 Å². The molecule has 1 aliphatic carbocycles. The number of amides is 1. The summed E-state index contributed by atoms with van der Waals surface area (Å²) < 4.78 is 0.752. The molecule has 0 heterocycles. The van der Waals surface area contributed by atoms with Gasteiger partial charge in [0, 0.05) is 4.47 Å². The predicted octanol–water partition coefficient (Wildman–Crippen LogP) is 3.48. The van der Waals surface area contributed by atoms with Crippen molar-refractivity contribution in [2.45, 2.75) is 18.4 Å². The summed E-state index contributed by atoms with van der Waals surface area (Å²) in [5.41, 5.74) is 0.455. The molecule has 3 nitrogen and oxygen atoms in total. The van der Waals surface area contributed by atoms with Gasteiger partial charge in [0.2, 0.25) is 0 Å². The van der Waals surface area contributed by atoms with Gasteiger partial charge in [0.05, 0.1) is 12.1 Å². The fraction of sp³-hybridized carbons (Fsp3) is 0.278. The fourth-order valence-electron chi connectivity index (χ4n) is 2.73. The van der Waals surface area contributed by atoms with E-state index >= 15 is 0 Å². The zero-order valence-corrected chi connectivity index (χ0v) is 13.7. The van der Waals surface area contributed by atoms with Gasteiger partial charge in [0.15, 0.2) is 0 Å². The summed E-state index contributed by atoms with van der Waals surface area (Å²) in [4.78, 5) is 12.3. The number of carbonyl (C=O) groups is 1. The highest BCUT2D eigenvalue weighted by atomic mass is 79.9. The van der Waals surface area contributed by atoms with Crippen molar-refractivity contribution < 1.29 is 9.90 Å². The van der Waals surface area contributed by atoms with Crippen LogP contribution in [0.4, 0.5) is 0 Å². The van der Waals surface area contributed by atoms with E-state index in [4.69, 9.17) is 0 Å². The second-order valence-corrected chi connectivity index (χ2v) is 6.58. The minimum absolute atomic E-state index is 0.178. The van der Waals surface area contributed by atoms with E-state index < -0.39 is 5.60 Å². The van der Waals surface area contributed by atoms with E-state index in [1.165, 1.54) is 0 Å². The monoisotopic (exact) mass is 359 g/mol. The largest absolute Gasteiger partial charge is 0.383 e. The summed E-state index contributed by atoms with van der Waals surface area (Å²) in [5, 5.41) is 13.9. The molecule has 3 rings (SSSR count). The highest BCUT2D eigenvalue weighted by Crippen LogP contribution is 2.45. The number of halogens is 1. The van der Waals surface area contributed by atoms with Crippen LogP contribution in [0.2, 0.25) is 0 Å². The van der Waals surface area contributed by atoms with Crippen LogP contribution >= 0.6 is 15.9 Å². The van der Waals surface area contributed by atoms with E-state index in [-0.39, 0.29) is 18.4 Å². The second-order valence-electron chi connectivity index (χ2n) is 5.73. The fourth-order valence-corrected chi connectivity index (χ4v) is 3.19. The zero-order chi connectivity index (χ0) is 15.6. The number of benzene rings is 2. The highest BCUT2D eigenvalue weighted by molar-refractivity contribution is 9.10. The third-order valence-electron chi connectivity index (χ3n) is 4.16. The van der Waals surface area contributed by atoms with Crippen molar-refractivity contribution in [1.29, 1.82) is 0 Å². The van der Waals surface area contributed by atoms with Gasteiger partial charge in [0.1, 0.15) is 5.60 Å². The number of hydrogen-bond acceptors (Lipinski definition) is 2. The van der Waals surface area contributed by atoms with Gasteiger partial charge in [-0.1, -0.05) is 42.5 Å². The Morgan fingerprint density at radius 2 is 1.77 bits per heavy atom. The van der Waals surface area contributed by atoms with Crippen LogP contribution in [0.15, 0.2) is 59.1 Å². The SMILES string of the molecule is O=C(NCC(O)(c1ccccc1)C1CC1)c1ccccc1Br. The van der Waals surface area contributed by atoms with Crippen molar-refractivity contribution in [3.05, 3.63) is 70.2 Å². The van der Waals surface area contributed by atoms with Gasteiger partial charge < -0.3 is 10.4 Å². The van der Waals surface area contributed by atoms with Crippen LogP contribution in [0.1, 0.15) is 28.8 Å². The number of rotatable bonds is 5. The van der Waals surface area contributed by atoms with E-state index in [2.05, 4.69) is 21.2 Å². The minimum atomic E-state index is -0.988. The first-order valence-electron chi connectivity index (χ1n) is 7.42. The Bertz CT molecular complexity index is 670. The number of aliphatic hydroxyl groups is 1. The molecule has 114 valence electrons. The van der Waals surface area contributed by atoms with Crippen LogP contribution in [-0.2, 0) is 5.60 Å². The smallest absolute Gasteiger partial charge is 0.252 e. The third kappa shape index (κ3) is 3.08. The molecule has 0 aromatic heterocycles. The Kier molecular flexibility index (Phi) is 4.32. The zero-order valence-electron chi connectivity index (χ0n) is 12.1. The standard InChI is InChI=1S/C18H18BrNO2/c19-16-9-5-4-8-15(16)17(21)20-12-18(22,14-10-11-14)13-6-2-1-3-7-13/h1-9,14,22H,10-12H2,(H,20,21). The predicted molar refractivity (Wildman–Crippen MR) is 89.5 cm³/mol. The molecule has 0 saturated heterocycles. The van der Waals surface area contributed by atoms with Gasteiger partial charge in [-0.05, 0) is 52.4 Å². The summed E-state index contributed by atoms with van der Waals surface area (Å²) in [6.07, 6.45) is 1.99. The Balaban J connectivity index is 1.76. The molecule has 2 aromatic carbocycles. The van der Waals surface area contributed by atoms with Gasteiger partial charge in [-0.25, -0.2) is 0 Å². The molecular weight excluding hydrogens is 342 g/mol. The summed E-state index contributed by atoms with van der Waals surface area (Å²) in [6.45, 7) is 0.224. The number of carbonyl (C=O) groups excluding carboxylic acids is 1. The maximum atomic E-state index is 12.3. The van der Waals surface area contributed by atoms with Crippen molar-refractivity contribution in [1.82, 2.24) is 5.32 Å². The lowest BCUT2D eigenvalue weighted by Crippen LogP contribution is -2.42. The van der Waals surface area contributed by atoms with Crippen LogP contribution in [0.25, 0.3) is 0 Å². The minimum Gasteiger partial charge on any atom is -0.383 e. The quantitative estimate of drug-likeness (QED) is 0.858. The van der Waals surface area contributed by atoms with Crippen molar-refractivity contribution in [2.75, 3.05) is 6.54 Å². The van der Waals surface area contributed by atoms with Crippen LogP contribution < -0.4 is 5.32 Å². The average molecular weight is 360 g/mol. The van der Waals surface area contributed by atoms with Crippen molar-refractivity contribution >= 4 is 21.8 Å². The molecule has 1 atom stereocenters. The lowest BCUT2D eigenvalue weighted by atomic mass is 9.88. The second kappa shape index (κ2) is 6.23. The molecule has 1 unspecified atom stereocenters. The van der Waals surface area contributed by atoms with E-state index in [1.807, 2.05) is 48.5 Å². The Morgan fingerprint density at radius 3 is 2.41 bits per heavy atom. The molecule has 0 spiro atoms. The van der Waals surface area contributed by atoms with E-state index in [0.29, 0.717) is 5.56 Å². The molecule has 1 saturated carbocycles. The van der Waals surface area contributed by atoms with Gasteiger partial charge in [-0.2, -0.15) is 0 Å². The summed E-state index contributed by atoms with van der Waals surface area (Å²) in [7, 11) is 0. The molecule has 4 heteroatoms. The first-order chi connectivity index (χ1) is 10.6. The Morgan fingerprint density at radius 1 is 1.14 bits per heavy atom. The van der Waals surface area contributed by atoms with Gasteiger partial charge >= 0.3 is 0 Å². The molecule has 0 aliphatic heterocycles. The molecular formula is C18H18BrNO2. The van der Waals surface area contributed by atoms with Crippen molar-refractivity contribution in [2.24, 2.45) is 5.92 Å². The van der Waals surface area contributed by atoms with Crippen molar-refractivity contribution in [3.8, 4) is 0 Å². The molecule has 2 N–H and O–H groups in total. The lowest BCUT2D eigenvalue weighted by molar-refractivity contribution is 0.0135. The summed E-state index contributed by atoms with van der Waals surface area (Å²) in [5.74, 6) is 0.0388. The highest BCUT2D eigenvalue weighted by Gasteiger charge is 2.45. The molecule has 22 heavy (non-hydrogen) atoms. The van der Waals surface area contributed by atoms with E-state index in [9.17, 15) is 9.90 Å². The molecule has 2 aromatic rings. The van der Waals surface area contributed by atoms with E-state index in [1.54, 1.807) is 6.07 Å². The molecule has 1 fully saturated rings. The maximum Gasteiger partial charge on any atom is 0.252 e. The van der Waals surface area contributed by atoms with Crippen LogP contribution in [0.3, 0.4) is 0 Å². The normalized spacial score (nSPS) is 16.8. The molecule has 0 bridgehead atoms. The molecule has 0 radical (unpaired) electrons. The van der Waals surface area contributed by atoms with Crippen LogP contribution in [0, 0.1) is 5.92 Å². The topological polar surface area (TPSA) is 49.3 Å². The van der Waals surface area contributed by atoms with Crippen molar-refractivity contribution in [3.63, 3.8) is 0 Å². The van der Waals surface area contributed by atoms with Gasteiger partial charge in [0.25, 0.3) is 5.91 Å². The third-order valence-corrected chi connectivity index (χ3v) is 4.85. The first-order valence-corrected chi connectivity index (χ1v) is 8.21. The summed E-state index contributed by atoms with van der Waals surface area (Å²) in [6, 6.07) is 16.9. The average Bonchev–Trinajstić information content (AvgIpc) is 3.39. The number of nitrogens with one attached hydrogen (secondary N) is 1. The van der Waals surface area contributed by atoms with Gasteiger partial charge in [-0.15, -0.1) is 0 Å². The first kappa shape index (κ1) is 15.3.